The number of carbonyl (C=O) groups is 2. The lowest BCUT2D eigenvalue weighted by atomic mass is 9.96. The van der Waals surface area contributed by atoms with Crippen molar-refractivity contribution in [1.29, 1.82) is 0 Å². The zero-order valence-corrected chi connectivity index (χ0v) is 19.4. The molecule has 0 aliphatic carbocycles. The molecule has 0 spiro atoms. The fourth-order valence-corrected chi connectivity index (χ4v) is 2.93. The Bertz CT molecular complexity index is 1140. The van der Waals surface area contributed by atoms with Crippen LogP contribution in [0.2, 0.25) is 0 Å². The summed E-state index contributed by atoms with van der Waals surface area (Å²) < 4.78 is 98.1. The summed E-state index contributed by atoms with van der Waals surface area (Å²) in [6.07, 6.45) is -5.83. The van der Waals surface area contributed by atoms with E-state index >= 15 is 0 Å². The number of benzene rings is 2. The number of anilines is 1. The highest BCUT2D eigenvalue weighted by Gasteiger charge is 2.42. The summed E-state index contributed by atoms with van der Waals surface area (Å²) in [6.45, 7) is 4.45. The summed E-state index contributed by atoms with van der Waals surface area (Å²) in [5, 5.41) is 4.99. The van der Waals surface area contributed by atoms with Crippen LogP contribution in [0, 0.1) is 29.2 Å². The van der Waals surface area contributed by atoms with Crippen molar-refractivity contribution >= 4 is 23.3 Å². The molecular weight excluding hydrogens is 501 g/mol. The zero-order chi connectivity index (χ0) is 27.4. The van der Waals surface area contributed by atoms with Crippen LogP contribution in [0.15, 0.2) is 29.4 Å². The van der Waals surface area contributed by atoms with Crippen molar-refractivity contribution in [3.05, 3.63) is 64.2 Å². The van der Waals surface area contributed by atoms with Crippen LogP contribution < -0.4 is 5.32 Å². The first-order chi connectivity index (χ1) is 16.7. The first-order valence-corrected chi connectivity index (χ1v) is 10.3. The molecule has 0 heterocycles. The molecule has 2 unspecified atom stereocenters. The minimum Gasteiger partial charge on any atom is -0.465 e. The Labute approximate surface area is 201 Å². The van der Waals surface area contributed by atoms with Crippen molar-refractivity contribution in [2.24, 2.45) is 11.1 Å². The molecule has 0 fully saturated rings. The average Bonchev–Trinajstić information content (AvgIpc) is 2.82. The van der Waals surface area contributed by atoms with E-state index in [0.29, 0.717) is 12.0 Å². The highest BCUT2D eigenvalue weighted by molar-refractivity contribution is 6.42. The molecule has 1 N–H and O–H groups in total. The number of methoxy groups -OCH3 is 1. The van der Waals surface area contributed by atoms with Gasteiger partial charge < -0.3 is 14.9 Å². The number of rotatable bonds is 8. The molecule has 2 aromatic rings. The number of hydrogen-bond acceptors (Lipinski definition) is 5. The Morgan fingerprint density at radius 2 is 1.50 bits per heavy atom. The quantitative estimate of drug-likeness (QED) is 0.160. The largest absolute Gasteiger partial charge is 0.465 e. The lowest BCUT2D eigenvalue weighted by Crippen LogP contribution is -2.25. The van der Waals surface area contributed by atoms with E-state index in [1.807, 2.05) is 0 Å². The number of oxime groups is 1. The van der Waals surface area contributed by atoms with Crippen LogP contribution in [-0.4, -0.2) is 30.8 Å². The first-order valence-electron chi connectivity index (χ1n) is 10.3. The molecule has 0 saturated heterocycles. The van der Waals surface area contributed by atoms with Crippen LogP contribution in [0.25, 0.3) is 0 Å². The molecular formula is C23H21F7N2O4. The Balaban J connectivity index is 2.08. The van der Waals surface area contributed by atoms with Crippen LogP contribution in [-0.2, 0) is 27.0 Å². The molecule has 0 aromatic heterocycles. The van der Waals surface area contributed by atoms with E-state index < -0.39 is 64.4 Å². The minimum absolute atomic E-state index is 0.179. The van der Waals surface area contributed by atoms with E-state index in [9.17, 15) is 40.3 Å². The maximum atomic E-state index is 14.0. The summed E-state index contributed by atoms with van der Waals surface area (Å²) in [7, 11) is 1.26. The average molecular weight is 522 g/mol. The monoisotopic (exact) mass is 522 g/mol. The predicted molar refractivity (Wildman–Crippen MR) is 114 cm³/mol. The summed E-state index contributed by atoms with van der Waals surface area (Å²) in [5.74, 6) is -12.3. The van der Waals surface area contributed by atoms with Crippen molar-refractivity contribution < 1.29 is 49.9 Å². The second-order valence-electron chi connectivity index (χ2n) is 7.81. The SMILES string of the molecule is COC(=O)c1ccc(CC(C)C(C)O/N=C(\C)C(=O)Nc2c(F)c(F)c(C(F)(F)F)c(F)c2F)cc1. The standard InChI is InChI=1S/C23H21F7N2O4/c1-10(9-13-5-7-14(8-6-13)22(34)35-4)12(3)36-32-11(2)21(33)31-20-18(26)16(24)15(23(28,29)30)17(25)19(20)27/h5-8,10,12H,9H2,1-4H3,(H,31,33)/b32-11+. The summed E-state index contributed by atoms with van der Waals surface area (Å²) in [5.41, 5.74) is -3.82. The van der Waals surface area contributed by atoms with Gasteiger partial charge in [-0.3, -0.25) is 4.79 Å². The van der Waals surface area contributed by atoms with Crippen LogP contribution in [0.4, 0.5) is 36.4 Å². The minimum atomic E-state index is -5.71. The van der Waals surface area contributed by atoms with E-state index in [2.05, 4.69) is 9.89 Å². The van der Waals surface area contributed by atoms with E-state index in [1.54, 1.807) is 38.1 Å². The van der Waals surface area contributed by atoms with Crippen molar-refractivity contribution in [2.45, 2.75) is 39.5 Å². The van der Waals surface area contributed by atoms with Crippen LogP contribution in [0.3, 0.4) is 0 Å². The molecule has 2 aromatic carbocycles. The van der Waals surface area contributed by atoms with E-state index in [4.69, 9.17) is 4.84 Å². The Kier molecular flexibility index (Phi) is 9.05. The number of amides is 1. The number of carbonyl (C=O) groups excluding carboxylic acids is 2. The molecule has 0 bridgehead atoms. The van der Waals surface area contributed by atoms with Gasteiger partial charge in [0.05, 0.1) is 12.7 Å². The van der Waals surface area contributed by atoms with Gasteiger partial charge in [0.1, 0.15) is 23.1 Å². The second-order valence-corrected chi connectivity index (χ2v) is 7.81. The molecule has 0 saturated carbocycles. The van der Waals surface area contributed by atoms with Gasteiger partial charge in [-0.05, 0) is 43.9 Å². The van der Waals surface area contributed by atoms with E-state index in [0.717, 1.165) is 12.5 Å². The molecule has 0 radical (unpaired) electrons. The molecule has 1 amide bonds. The smallest absolute Gasteiger partial charge is 0.422 e. The summed E-state index contributed by atoms with van der Waals surface area (Å²) >= 11 is 0. The Morgan fingerprint density at radius 3 is 1.97 bits per heavy atom. The van der Waals surface area contributed by atoms with Gasteiger partial charge >= 0.3 is 12.1 Å². The van der Waals surface area contributed by atoms with Gasteiger partial charge in [-0.1, -0.05) is 24.2 Å². The Hall–Kier alpha value is -3.64. The van der Waals surface area contributed by atoms with Gasteiger partial charge in [0.25, 0.3) is 5.91 Å². The van der Waals surface area contributed by atoms with Gasteiger partial charge in [-0.15, -0.1) is 0 Å². The number of halogens is 7. The predicted octanol–water partition coefficient (Wildman–Crippen LogP) is 5.65. The fourth-order valence-electron chi connectivity index (χ4n) is 2.93. The van der Waals surface area contributed by atoms with Gasteiger partial charge in [0.15, 0.2) is 23.3 Å². The number of ether oxygens (including phenoxy) is 1. The molecule has 13 heteroatoms. The van der Waals surface area contributed by atoms with Crippen LogP contribution >= 0.6 is 0 Å². The molecule has 2 rings (SSSR count). The van der Waals surface area contributed by atoms with Crippen molar-refractivity contribution in [1.82, 2.24) is 0 Å². The lowest BCUT2D eigenvalue weighted by Gasteiger charge is -2.18. The molecule has 196 valence electrons. The van der Waals surface area contributed by atoms with Gasteiger partial charge in [-0.2, -0.15) is 13.2 Å². The first kappa shape index (κ1) is 28.6. The number of nitrogens with one attached hydrogen (secondary N) is 1. The third kappa shape index (κ3) is 6.52. The van der Waals surface area contributed by atoms with E-state index in [1.165, 1.54) is 12.4 Å². The van der Waals surface area contributed by atoms with Gasteiger partial charge in [-0.25, -0.2) is 22.4 Å². The van der Waals surface area contributed by atoms with Gasteiger partial charge in [0.2, 0.25) is 0 Å². The lowest BCUT2D eigenvalue weighted by molar-refractivity contribution is -0.143. The maximum Gasteiger partial charge on any atom is 0.422 e. The molecule has 6 nitrogen and oxygen atoms in total. The second kappa shape index (κ2) is 11.4. The number of nitrogens with zero attached hydrogens (tertiary/aromatic N) is 1. The molecule has 0 aliphatic rings. The third-order valence-corrected chi connectivity index (χ3v) is 5.20. The normalized spacial score (nSPS) is 13.7. The fraction of sp³-hybridized carbons (Fsp3) is 0.348. The van der Waals surface area contributed by atoms with Gasteiger partial charge in [0, 0.05) is 0 Å². The highest BCUT2D eigenvalue weighted by atomic mass is 19.4. The van der Waals surface area contributed by atoms with Crippen molar-refractivity contribution in [3.63, 3.8) is 0 Å². The summed E-state index contributed by atoms with van der Waals surface area (Å²) in [4.78, 5) is 28.8. The zero-order valence-electron chi connectivity index (χ0n) is 19.4. The number of esters is 1. The highest BCUT2D eigenvalue weighted by Crippen LogP contribution is 2.38. The maximum absolute atomic E-state index is 14.0. The third-order valence-electron chi connectivity index (χ3n) is 5.20. The molecule has 0 aliphatic heterocycles. The topological polar surface area (TPSA) is 77.0 Å². The van der Waals surface area contributed by atoms with Crippen LogP contribution in [0.5, 0.6) is 0 Å². The molecule has 36 heavy (non-hydrogen) atoms. The molecule has 2 atom stereocenters. The van der Waals surface area contributed by atoms with E-state index in [-0.39, 0.29) is 5.92 Å². The van der Waals surface area contributed by atoms with Crippen LogP contribution in [0.1, 0.15) is 42.3 Å². The number of alkyl halides is 3. The van der Waals surface area contributed by atoms with Crippen molar-refractivity contribution in [3.8, 4) is 0 Å². The Morgan fingerprint density at radius 1 is 0.972 bits per heavy atom. The van der Waals surface area contributed by atoms with Crippen molar-refractivity contribution in [2.75, 3.05) is 12.4 Å². The summed E-state index contributed by atoms with van der Waals surface area (Å²) in [6, 6.07) is 6.58. The number of hydrogen-bond donors (Lipinski definition) is 1.